The summed E-state index contributed by atoms with van der Waals surface area (Å²) in [6.45, 7) is 6.92. The van der Waals surface area contributed by atoms with Gasteiger partial charge in [-0.2, -0.15) is 0 Å². The van der Waals surface area contributed by atoms with E-state index in [-0.39, 0.29) is 0 Å². The van der Waals surface area contributed by atoms with Gasteiger partial charge in [-0.15, -0.1) is 0 Å². The molecule has 0 aromatic heterocycles. The third-order valence-corrected chi connectivity index (χ3v) is 8.79. The van der Waals surface area contributed by atoms with Crippen LogP contribution in [0.2, 0.25) is 0 Å². The third-order valence-electron chi connectivity index (χ3n) is 8.79. The van der Waals surface area contributed by atoms with Gasteiger partial charge in [0.15, 0.2) is 0 Å². The molecule has 7 rings (SSSR count). The van der Waals surface area contributed by atoms with Crippen LogP contribution >= 0.6 is 0 Å². The molecule has 6 heteroatoms. The minimum Gasteiger partial charge on any atom is -0.423 e. The van der Waals surface area contributed by atoms with E-state index in [9.17, 15) is 9.59 Å². The number of ether oxygens (including phenoxy) is 2. The normalized spacial score (nSPS) is 10.5. The van der Waals surface area contributed by atoms with Gasteiger partial charge < -0.3 is 19.3 Å². The highest BCUT2D eigenvalue weighted by Crippen LogP contribution is 2.40. The van der Waals surface area contributed by atoms with Crippen LogP contribution in [0.4, 0.5) is 34.1 Å². The molecule has 0 spiro atoms. The summed E-state index contributed by atoms with van der Waals surface area (Å²) in [4.78, 5) is 27.7. The van der Waals surface area contributed by atoms with E-state index in [4.69, 9.17) is 9.47 Å². The highest BCUT2D eigenvalue weighted by atomic mass is 16.5. The van der Waals surface area contributed by atoms with E-state index in [1.165, 1.54) is 0 Å². The van der Waals surface area contributed by atoms with Crippen molar-refractivity contribution in [2.75, 3.05) is 9.80 Å². The van der Waals surface area contributed by atoms with Crippen molar-refractivity contribution >= 4 is 46.1 Å². The molecule has 0 radical (unpaired) electrons. The molecular weight excluding hydrogens is 669 g/mol. The van der Waals surface area contributed by atoms with Crippen molar-refractivity contribution in [3.8, 4) is 33.8 Å². The monoisotopic (exact) mass is 704 g/mol. The standard InChI is InChI=1S/C48H36N2O4/c1-3-47(51)53-45-31-19-37(20-32-45)35-15-23-41(24-16-35)50(42-25-17-36(18-26-42)38-21-33-46(34-22-38)54-48(52)4-2)44-29-27-43(28-30-44)49(39-11-7-5-8-12-39)40-13-9-6-10-14-40/h3-34H,1-2H2. The third kappa shape index (κ3) is 8.04. The zero-order valence-corrected chi connectivity index (χ0v) is 29.4. The zero-order valence-electron chi connectivity index (χ0n) is 29.4. The number of hydrogen-bond acceptors (Lipinski definition) is 6. The maximum absolute atomic E-state index is 11.6. The van der Waals surface area contributed by atoms with Gasteiger partial charge in [0.2, 0.25) is 0 Å². The summed E-state index contributed by atoms with van der Waals surface area (Å²) in [7, 11) is 0. The van der Waals surface area contributed by atoms with Crippen LogP contribution in [0.3, 0.4) is 0 Å². The van der Waals surface area contributed by atoms with Gasteiger partial charge in [-0.05, 0) is 119 Å². The Balaban J connectivity index is 1.22. The fourth-order valence-corrected chi connectivity index (χ4v) is 6.15. The van der Waals surface area contributed by atoms with E-state index < -0.39 is 11.9 Å². The van der Waals surface area contributed by atoms with E-state index in [0.717, 1.165) is 68.5 Å². The molecular formula is C48H36N2O4. The molecule has 54 heavy (non-hydrogen) atoms. The predicted molar refractivity (Wildman–Crippen MR) is 218 cm³/mol. The average Bonchev–Trinajstić information content (AvgIpc) is 3.23. The Morgan fingerprint density at radius 3 is 0.870 bits per heavy atom. The van der Waals surface area contributed by atoms with Gasteiger partial charge in [0, 0.05) is 46.3 Å². The molecule has 0 amide bonds. The van der Waals surface area contributed by atoms with Crippen molar-refractivity contribution in [1.29, 1.82) is 0 Å². The molecule has 0 saturated carbocycles. The molecule has 0 unspecified atom stereocenters. The van der Waals surface area contributed by atoms with E-state index in [1.807, 2.05) is 60.7 Å². The van der Waals surface area contributed by atoms with Crippen LogP contribution in [0.25, 0.3) is 22.3 Å². The van der Waals surface area contributed by atoms with Crippen LogP contribution < -0.4 is 19.3 Å². The largest absolute Gasteiger partial charge is 0.423 e. The molecule has 0 bridgehead atoms. The Bertz CT molecular complexity index is 2210. The van der Waals surface area contributed by atoms with E-state index in [1.54, 1.807) is 24.3 Å². The Hall–Kier alpha value is -7.44. The molecule has 0 N–H and O–H groups in total. The molecule has 0 atom stereocenters. The first kappa shape index (κ1) is 35.0. The first-order valence-corrected chi connectivity index (χ1v) is 17.4. The fraction of sp³-hybridized carbons (Fsp3) is 0. The van der Waals surface area contributed by atoms with Crippen LogP contribution in [-0.4, -0.2) is 11.9 Å². The lowest BCUT2D eigenvalue weighted by molar-refractivity contribution is -0.129. The number of carbonyl (C=O) groups is 2. The Labute approximate surface area is 315 Å². The number of para-hydroxylation sites is 2. The molecule has 0 aliphatic rings. The molecule has 262 valence electrons. The minimum atomic E-state index is -0.495. The van der Waals surface area contributed by atoms with Gasteiger partial charge in [0.25, 0.3) is 0 Å². The zero-order chi connectivity index (χ0) is 37.3. The lowest BCUT2D eigenvalue weighted by Crippen LogP contribution is -2.12. The summed E-state index contributed by atoms with van der Waals surface area (Å²) in [5, 5.41) is 0. The van der Waals surface area contributed by atoms with Crippen LogP contribution in [0, 0.1) is 0 Å². The Morgan fingerprint density at radius 2 is 0.593 bits per heavy atom. The second-order valence-electron chi connectivity index (χ2n) is 12.3. The quantitative estimate of drug-likeness (QED) is 0.0717. The first-order chi connectivity index (χ1) is 26.5. The lowest BCUT2D eigenvalue weighted by Gasteiger charge is -2.28. The van der Waals surface area contributed by atoms with Crippen LogP contribution in [0.5, 0.6) is 11.5 Å². The van der Waals surface area contributed by atoms with E-state index >= 15 is 0 Å². The number of rotatable bonds is 12. The molecule has 0 aliphatic carbocycles. The minimum absolute atomic E-state index is 0.462. The van der Waals surface area contributed by atoms with E-state index in [0.29, 0.717) is 11.5 Å². The number of carbonyl (C=O) groups excluding carboxylic acids is 2. The summed E-state index contributed by atoms with van der Waals surface area (Å²) in [6, 6.07) is 60.8. The van der Waals surface area contributed by atoms with Crippen LogP contribution in [-0.2, 0) is 9.59 Å². The number of benzene rings is 7. The predicted octanol–water partition coefficient (Wildman–Crippen LogP) is 12.1. The number of hydrogen-bond donors (Lipinski definition) is 0. The second kappa shape index (κ2) is 16.3. The average molecular weight is 705 g/mol. The summed E-state index contributed by atoms with van der Waals surface area (Å²) in [5.41, 5.74) is 10.1. The van der Waals surface area contributed by atoms with Crippen LogP contribution in [0.1, 0.15) is 0 Å². The van der Waals surface area contributed by atoms with Gasteiger partial charge in [0.05, 0.1) is 0 Å². The van der Waals surface area contributed by atoms with Crippen molar-refractivity contribution < 1.29 is 19.1 Å². The lowest BCUT2D eigenvalue weighted by atomic mass is 10.0. The Kier molecular flexibility index (Phi) is 10.5. The van der Waals surface area contributed by atoms with Gasteiger partial charge in [0.1, 0.15) is 11.5 Å². The molecule has 0 heterocycles. The summed E-state index contributed by atoms with van der Waals surface area (Å²) in [5.74, 6) is -0.0666. The molecule has 0 fully saturated rings. The van der Waals surface area contributed by atoms with E-state index in [2.05, 4.69) is 120 Å². The molecule has 6 nitrogen and oxygen atoms in total. The van der Waals surface area contributed by atoms with Gasteiger partial charge in [-0.1, -0.05) is 98.1 Å². The fourth-order valence-electron chi connectivity index (χ4n) is 6.15. The Morgan fingerprint density at radius 1 is 0.352 bits per heavy atom. The summed E-state index contributed by atoms with van der Waals surface area (Å²) < 4.78 is 10.5. The van der Waals surface area contributed by atoms with Gasteiger partial charge >= 0.3 is 11.9 Å². The molecule has 0 saturated heterocycles. The van der Waals surface area contributed by atoms with Crippen LogP contribution in [0.15, 0.2) is 207 Å². The number of anilines is 6. The van der Waals surface area contributed by atoms with Crippen molar-refractivity contribution in [3.05, 3.63) is 207 Å². The maximum atomic E-state index is 11.6. The summed E-state index contributed by atoms with van der Waals surface area (Å²) in [6.07, 6.45) is 2.29. The second-order valence-corrected chi connectivity index (χ2v) is 12.3. The molecule has 7 aromatic carbocycles. The number of esters is 2. The smallest absolute Gasteiger partial charge is 0.335 e. The van der Waals surface area contributed by atoms with Crippen molar-refractivity contribution in [2.24, 2.45) is 0 Å². The maximum Gasteiger partial charge on any atom is 0.335 e. The highest BCUT2D eigenvalue weighted by molar-refractivity contribution is 5.85. The van der Waals surface area contributed by atoms with Crippen molar-refractivity contribution in [2.45, 2.75) is 0 Å². The molecule has 7 aromatic rings. The SMILES string of the molecule is C=CC(=O)Oc1ccc(-c2ccc(N(c3ccc(-c4ccc(OC(=O)C=C)cc4)cc3)c3ccc(N(c4ccccc4)c4ccccc4)cc3)cc2)cc1. The van der Waals surface area contributed by atoms with Crippen molar-refractivity contribution in [1.82, 2.24) is 0 Å². The number of nitrogens with zero attached hydrogens (tertiary/aromatic N) is 2. The molecule has 0 aliphatic heterocycles. The summed E-state index contributed by atoms with van der Waals surface area (Å²) >= 11 is 0. The van der Waals surface area contributed by atoms with Gasteiger partial charge in [-0.25, -0.2) is 9.59 Å². The van der Waals surface area contributed by atoms with Crippen molar-refractivity contribution in [3.63, 3.8) is 0 Å². The first-order valence-electron chi connectivity index (χ1n) is 17.4. The van der Waals surface area contributed by atoms with Gasteiger partial charge in [-0.3, -0.25) is 0 Å². The topological polar surface area (TPSA) is 59.1 Å². The highest BCUT2D eigenvalue weighted by Gasteiger charge is 2.16.